The van der Waals surface area contributed by atoms with Crippen LogP contribution in [0.1, 0.15) is 6.92 Å². The fraction of sp³-hybridized carbons (Fsp3) is 0.500. The number of hydrogen-bond acceptors (Lipinski definition) is 7. The maximum Gasteiger partial charge on any atom is 0.311 e. The number of ether oxygens (including phenoxy) is 1. The van der Waals surface area contributed by atoms with Crippen LogP contribution in [0, 0.1) is 10.1 Å². The second-order valence-corrected chi connectivity index (χ2v) is 3.51. The van der Waals surface area contributed by atoms with E-state index in [2.05, 4.69) is 10.4 Å². The number of nitro groups is 1. The van der Waals surface area contributed by atoms with E-state index >= 15 is 0 Å². The normalized spacial score (nSPS) is 10.2. The molecule has 0 saturated heterocycles. The number of hydrogen-bond donors (Lipinski definition) is 2. The molecule has 8 heteroatoms. The summed E-state index contributed by atoms with van der Waals surface area (Å²) in [5.41, 5.74) is 2.33. The predicted molar refractivity (Wildman–Crippen MR) is 68.5 cm³/mol. The summed E-state index contributed by atoms with van der Waals surface area (Å²) in [6, 6.07) is 2.85. The molecule has 8 nitrogen and oxygen atoms in total. The van der Waals surface area contributed by atoms with Crippen LogP contribution in [0.2, 0.25) is 0 Å². The largest absolute Gasteiger partial charge is 0.383 e. The average Bonchev–Trinajstić information content (AvgIpc) is 2.39. The molecule has 3 N–H and O–H groups in total. The van der Waals surface area contributed by atoms with Gasteiger partial charge in [-0.1, -0.05) is 0 Å². The Bertz CT molecular complexity index is 412. The number of hydrazine groups is 1. The molecule has 18 heavy (non-hydrogen) atoms. The number of aromatic nitrogens is 1. The first kappa shape index (κ1) is 14.1. The molecule has 1 heterocycles. The maximum absolute atomic E-state index is 11.0. The number of likely N-dealkylation sites (N-methyl/N-ethyl adjacent to an activating group) is 1. The highest BCUT2D eigenvalue weighted by atomic mass is 16.6. The van der Waals surface area contributed by atoms with Crippen molar-refractivity contribution in [2.75, 3.05) is 37.1 Å². The zero-order valence-corrected chi connectivity index (χ0v) is 10.4. The van der Waals surface area contributed by atoms with Crippen molar-refractivity contribution in [2.24, 2.45) is 5.84 Å². The van der Waals surface area contributed by atoms with Crippen LogP contribution in [0.3, 0.4) is 0 Å². The molecule has 0 atom stereocenters. The maximum atomic E-state index is 11.0. The monoisotopic (exact) mass is 255 g/mol. The van der Waals surface area contributed by atoms with Crippen LogP contribution in [0.15, 0.2) is 12.1 Å². The van der Waals surface area contributed by atoms with Crippen molar-refractivity contribution in [3.8, 4) is 0 Å². The third-order valence-corrected chi connectivity index (χ3v) is 2.45. The predicted octanol–water partition coefficient (Wildman–Crippen LogP) is 0.748. The summed E-state index contributed by atoms with van der Waals surface area (Å²) in [6.07, 6.45) is 0. The standard InChI is InChI=1S/C10H17N5O3/c1-3-14(6-7-18-2)10-8(15(16)17)4-5-9(12-10)13-11/h4-5H,3,6-7,11H2,1-2H3,(H,12,13). The highest BCUT2D eigenvalue weighted by Gasteiger charge is 2.20. The molecule has 1 rings (SSSR count). The average molecular weight is 255 g/mol. The summed E-state index contributed by atoms with van der Waals surface area (Å²) < 4.78 is 4.97. The molecular formula is C10H17N5O3. The third kappa shape index (κ3) is 3.28. The Balaban J connectivity index is 3.11. The molecule has 0 saturated carbocycles. The first-order chi connectivity index (χ1) is 8.63. The smallest absolute Gasteiger partial charge is 0.311 e. The first-order valence-corrected chi connectivity index (χ1v) is 5.50. The van der Waals surface area contributed by atoms with E-state index in [0.29, 0.717) is 25.5 Å². The molecule has 100 valence electrons. The minimum atomic E-state index is -0.460. The minimum absolute atomic E-state index is 0.0491. The van der Waals surface area contributed by atoms with Gasteiger partial charge in [0.25, 0.3) is 0 Å². The van der Waals surface area contributed by atoms with Crippen molar-refractivity contribution in [1.82, 2.24) is 4.98 Å². The van der Waals surface area contributed by atoms with Crippen molar-refractivity contribution >= 4 is 17.3 Å². The molecule has 0 unspecified atom stereocenters. The summed E-state index contributed by atoms with van der Waals surface area (Å²) in [6.45, 7) is 3.47. The number of nitrogens with two attached hydrogens (primary N) is 1. The Morgan fingerprint density at radius 2 is 2.33 bits per heavy atom. The van der Waals surface area contributed by atoms with E-state index < -0.39 is 4.92 Å². The van der Waals surface area contributed by atoms with Gasteiger partial charge in [0.1, 0.15) is 5.82 Å². The van der Waals surface area contributed by atoms with Crippen LogP contribution < -0.4 is 16.2 Å². The number of nitrogen functional groups attached to an aromatic ring is 1. The first-order valence-electron chi connectivity index (χ1n) is 5.50. The Kier molecular flexibility index (Phi) is 5.28. The zero-order valence-electron chi connectivity index (χ0n) is 10.4. The van der Waals surface area contributed by atoms with Crippen LogP contribution in [0.5, 0.6) is 0 Å². The molecule has 0 radical (unpaired) electrons. The van der Waals surface area contributed by atoms with Gasteiger partial charge in [0, 0.05) is 26.3 Å². The minimum Gasteiger partial charge on any atom is -0.383 e. The van der Waals surface area contributed by atoms with Crippen LogP contribution in [-0.2, 0) is 4.74 Å². The van der Waals surface area contributed by atoms with Crippen LogP contribution in [0.4, 0.5) is 17.3 Å². The lowest BCUT2D eigenvalue weighted by molar-refractivity contribution is -0.384. The van der Waals surface area contributed by atoms with Gasteiger partial charge in [0.2, 0.25) is 5.82 Å². The van der Waals surface area contributed by atoms with Crippen molar-refractivity contribution < 1.29 is 9.66 Å². The van der Waals surface area contributed by atoms with Gasteiger partial charge in [-0.15, -0.1) is 0 Å². The number of nitrogens with one attached hydrogen (secondary N) is 1. The lowest BCUT2D eigenvalue weighted by Crippen LogP contribution is -2.28. The molecule has 0 aromatic carbocycles. The Hall–Kier alpha value is -1.93. The molecule has 0 aliphatic carbocycles. The van der Waals surface area contributed by atoms with Crippen molar-refractivity contribution in [2.45, 2.75) is 6.92 Å². The molecule has 1 aromatic heterocycles. The van der Waals surface area contributed by atoms with Crippen LogP contribution in [0.25, 0.3) is 0 Å². The van der Waals surface area contributed by atoms with Crippen molar-refractivity contribution in [3.05, 3.63) is 22.2 Å². The lowest BCUT2D eigenvalue weighted by Gasteiger charge is -2.21. The Labute approximate surface area is 105 Å². The van der Waals surface area contributed by atoms with Gasteiger partial charge < -0.3 is 15.1 Å². The number of nitrogens with zero attached hydrogens (tertiary/aromatic N) is 3. The van der Waals surface area contributed by atoms with Crippen LogP contribution in [-0.4, -0.2) is 36.7 Å². The molecule has 1 aromatic rings. The molecule has 0 bridgehead atoms. The Morgan fingerprint density at radius 1 is 1.61 bits per heavy atom. The molecule has 0 spiro atoms. The number of rotatable bonds is 7. The van der Waals surface area contributed by atoms with Crippen molar-refractivity contribution in [1.29, 1.82) is 0 Å². The molecular weight excluding hydrogens is 238 g/mol. The SMILES string of the molecule is CCN(CCOC)c1nc(NN)ccc1[N+](=O)[O-]. The van der Waals surface area contributed by atoms with E-state index in [1.54, 1.807) is 12.0 Å². The van der Waals surface area contributed by atoms with Gasteiger partial charge in [0.05, 0.1) is 11.5 Å². The third-order valence-electron chi connectivity index (χ3n) is 2.45. The van der Waals surface area contributed by atoms with Crippen molar-refractivity contribution in [3.63, 3.8) is 0 Å². The quantitative estimate of drug-likeness (QED) is 0.420. The highest BCUT2D eigenvalue weighted by molar-refractivity contribution is 5.61. The van der Waals surface area contributed by atoms with Gasteiger partial charge in [0.15, 0.2) is 0 Å². The van der Waals surface area contributed by atoms with E-state index in [4.69, 9.17) is 10.6 Å². The molecule has 0 aliphatic rings. The van der Waals surface area contributed by atoms with Gasteiger partial charge in [-0.05, 0) is 13.0 Å². The van der Waals surface area contributed by atoms with E-state index in [0.717, 1.165) is 0 Å². The topological polar surface area (TPSA) is 107 Å². The second kappa shape index (κ2) is 6.72. The van der Waals surface area contributed by atoms with Gasteiger partial charge in [-0.3, -0.25) is 10.1 Å². The van der Waals surface area contributed by atoms with Crippen LogP contribution >= 0.6 is 0 Å². The highest BCUT2D eigenvalue weighted by Crippen LogP contribution is 2.27. The number of anilines is 2. The molecule has 0 amide bonds. The van der Waals surface area contributed by atoms with E-state index in [1.165, 1.54) is 12.1 Å². The molecule has 0 aliphatic heterocycles. The Morgan fingerprint density at radius 3 is 2.83 bits per heavy atom. The summed E-state index contributed by atoms with van der Waals surface area (Å²) >= 11 is 0. The van der Waals surface area contributed by atoms with Gasteiger partial charge >= 0.3 is 5.69 Å². The fourth-order valence-electron chi connectivity index (χ4n) is 1.51. The second-order valence-electron chi connectivity index (χ2n) is 3.51. The number of pyridine rings is 1. The van der Waals surface area contributed by atoms with Gasteiger partial charge in [-0.2, -0.15) is 0 Å². The van der Waals surface area contributed by atoms with E-state index in [9.17, 15) is 10.1 Å². The summed E-state index contributed by atoms with van der Waals surface area (Å²) in [4.78, 5) is 16.4. The molecule has 0 fully saturated rings. The van der Waals surface area contributed by atoms with Gasteiger partial charge in [-0.25, -0.2) is 10.8 Å². The van der Waals surface area contributed by atoms with E-state index in [-0.39, 0.29) is 11.5 Å². The summed E-state index contributed by atoms with van der Waals surface area (Å²) in [5.74, 6) is 5.93. The number of methoxy groups -OCH3 is 1. The fourth-order valence-corrected chi connectivity index (χ4v) is 1.51. The van der Waals surface area contributed by atoms with E-state index in [1.807, 2.05) is 6.92 Å². The summed E-state index contributed by atoms with van der Waals surface area (Å²) in [7, 11) is 1.58. The zero-order chi connectivity index (χ0) is 13.5. The summed E-state index contributed by atoms with van der Waals surface area (Å²) in [5, 5.41) is 11.0. The lowest BCUT2D eigenvalue weighted by atomic mass is 10.3.